The summed E-state index contributed by atoms with van der Waals surface area (Å²) in [7, 11) is 0. The van der Waals surface area contributed by atoms with E-state index >= 15 is 0 Å². The molecule has 0 unspecified atom stereocenters. The third kappa shape index (κ3) is 3.03. The Balaban J connectivity index is 1.76. The minimum atomic E-state index is 0.467. The summed E-state index contributed by atoms with van der Waals surface area (Å²) >= 11 is 0. The van der Waals surface area contributed by atoms with E-state index in [1.54, 1.807) is 24.7 Å². The lowest BCUT2D eigenvalue weighted by molar-refractivity contribution is 0.454. The molecular weight excluding hydrogens is 240 g/mol. The van der Waals surface area contributed by atoms with Gasteiger partial charge in [-0.15, -0.1) is 0 Å². The van der Waals surface area contributed by atoms with Crippen LogP contribution >= 0.6 is 0 Å². The predicted molar refractivity (Wildman–Crippen MR) is 72.2 cm³/mol. The first-order chi connectivity index (χ1) is 9.42. The Morgan fingerprint density at radius 2 is 1.95 bits per heavy atom. The van der Waals surface area contributed by atoms with Gasteiger partial charge in [-0.25, -0.2) is 19.9 Å². The molecule has 0 spiro atoms. The third-order valence-corrected chi connectivity index (χ3v) is 3.18. The molecule has 3 rings (SSSR count). The molecule has 19 heavy (non-hydrogen) atoms. The van der Waals surface area contributed by atoms with Gasteiger partial charge in [0.25, 0.3) is 0 Å². The van der Waals surface area contributed by atoms with Crippen molar-refractivity contribution in [2.24, 2.45) is 0 Å². The largest absolute Gasteiger partial charge is 0.316 e. The van der Waals surface area contributed by atoms with Gasteiger partial charge in [0, 0.05) is 31.1 Å². The molecule has 1 aliphatic rings. The molecule has 2 aromatic rings. The summed E-state index contributed by atoms with van der Waals surface area (Å²) in [6.45, 7) is 2.09. The standard InChI is InChI=1S/C13H16N6/c1-3-10(9-14-5-1)11-4-8-17-13(18-11)19-12-15-6-2-7-16-12/h2,4,6-8,10,14H,1,3,5,9H2,(H,15,16,17,18,19)/t10-/m0/s1. The summed E-state index contributed by atoms with van der Waals surface area (Å²) in [5.74, 6) is 1.53. The number of hydrogen-bond donors (Lipinski definition) is 2. The molecule has 6 nitrogen and oxygen atoms in total. The second-order valence-electron chi connectivity index (χ2n) is 4.55. The number of nitrogens with zero attached hydrogens (tertiary/aromatic N) is 4. The molecule has 2 N–H and O–H groups in total. The van der Waals surface area contributed by atoms with E-state index < -0.39 is 0 Å². The van der Waals surface area contributed by atoms with Crippen LogP contribution in [0.15, 0.2) is 30.7 Å². The normalized spacial score (nSPS) is 19.1. The molecule has 2 aromatic heterocycles. The lowest BCUT2D eigenvalue weighted by atomic mass is 9.96. The average Bonchev–Trinajstić information content (AvgIpc) is 2.49. The molecule has 1 fully saturated rings. The van der Waals surface area contributed by atoms with Gasteiger partial charge in [-0.05, 0) is 31.5 Å². The number of anilines is 2. The van der Waals surface area contributed by atoms with Crippen LogP contribution < -0.4 is 10.6 Å². The van der Waals surface area contributed by atoms with E-state index in [9.17, 15) is 0 Å². The Hall–Kier alpha value is -2.08. The lowest BCUT2D eigenvalue weighted by Crippen LogP contribution is -2.28. The maximum Gasteiger partial charge on any atom is 0.229 e. The molecule has 0 radical (unpaired) electrons. The van der Waals surface area contributed by atoms with Gasteiger partial charge in [0.05, 0.1) is 5.69 Å². The summed E-state index contributed by atoms with van der Waals surface area (Å²) in [4.78, 5) is 17.0. The highest BCUT2D eigenvalue weighted by molar-refractivity contribution is 5.41. The highest BCUT2D eigenvalue weighted by Gasteiger charge is 2.16. The van der Waals surface area contributed by atoms with E-state index in [1.807, 2.05) is 6.07 Å². The van der Waals surface area contributed by atoms with Gasteiger partial charge in [-0.2, -0.15) is 0 Å². The number of rotatable bonds is 3. The monoisotopic (exact) mass is 256 g/mol. The molecule has 0 saturated carbocycles. The Labute approximate surface area is 111 Å². The zero-order valence-electron chi connectivity index (χ0n) is 10.6. The first kappa shape index (κ1) is 12.0. The quantitative estimate of drug-likeness (QED) is 0.866. The van der Waals surface area contributed by atoms with Crippen molar-refractivity contribution in [3.8, 4) is 0 Å². The molecule has 6 heteroatoms. The molecule has 98 valence electrons. The first-order valence-corrected chi connectivity index (χ1v) is 6.49. The average molecular weight is 256 g/mol. The molecular formula is C13H16N6. The summed E-state index contributed by atoms with van der Waals surface area (Å²) in [6.07, 6.45) is 7.52. The zero-order valence-corrected chi connectivity index (χ0v) is 10.6. The summed E-state index contributed by atoms with van der Waals surface area (Å²) in [5, 5.41) is 6.42. The summed E-state index contributed by atoms with van der Waals surface area (Å²) < 4.78 is 0. The molecule has 1 saturated heterocycles. The van der Waals surface area contributed by atoms with Crippen molar-refractivity contribution in [1.82, 2.24) is 25.3 Å². The van der Waals surface area contributed by atoms with Crippen LogP contribution in [0.5, 0.6) is 0 Å². The van der Waals surface area contributed by atoms with Crippen LogP contribution in [0.2, 0.25) is 0 Å². The van der Waals surface area contributed by atoms with E-state index in [2.05, 4.69) is 30.6 Å². The van der Waals surface area contributed by atoms with Crippen molar-refractivity contribution in [1.29, 1.82) is 0 Å². The van der Waals surface area contributed by atoms with Crippen LogP contribution in [0.1, 0.15) is 24.5 Å². The topological polar surface area (TPSA) is 75.6 Å². The van der Waals surface area contributed by atoms with Gasteiger partial charge in [0.1, 0.15) is 0 Å². The van der Waals surface area contributed by atoms with Crippen molar-refractivity contribution in [2.75, 3.05) is 18.4 Å². The maximum absolute atomic E-state index is 4.55. The molecule has 0 bridgehead atoms. The molecule has 1 atom stereocenters. The Morgan fingerprint density at radius 3 is 2.74 bits per heavy atom. The van der Waals surface area contributed by atoms with Crippen molar-refractivity contribution < 1.29 is 0 Å². The van der Waals surface area contributed by atoms with Crippen LogP contribution in [0.4, 0.5) is 11.9 Å². The zero-order chi connectivity index (χ0) is 12.9. The highest BCUT2D eigenvalue weighted by Crippen LogP contribution is 2.22. The third-order valence-electron chi connectivity index (χ3n) is 3.18. The van der Waals surface area contributed by atoms with Gasteiger partial charge in [-0.1, -0.05) is 0 Å². The minimum Gasteiger partial charge on any atom is -0.316 e. The fourth-order valence-electron chi connectivity index (χ4n) is 2.23. The van der Waals surface area contributed by atoms with Gasteiger partial charge in [0.2, 0.25) is 11.9 Å². The molecule has 0 aromatic carbocycles. The van der Waals surface area contributed by atoms with Crippen molar-refractivity contribution in [3.05, 3.63) is 36.4 Å². The second-order valence-corrected chi connectivity index (χ2v) is 4.55. The van der Waals surface area contributed by atoms with E-state index in [-0.39, 0.29) is 0 Å². The van der Waals surface area contributed by atoms with Gasteiger partial charge >= 0.3 is 0 Å². The van der Waals surface area contributed by atoms with Crippen LogP contribution in [-0.4, -0.2) is 33.0 Å². The van der Waals surface area contributed by atoms with Gasteiger partial charge in [0.15, 0.2) is 0 Å². The van der Waals surface area contributed by atoms with E-state index in [0.717, 1.165) is 18.8 Å². The number of piperidine rings is 1. The fourth-order valence-corrected chi connectivity index (χ4v) is 2.23. The van der Waals surface area contributed by atoms with Crippen LogP contribution in [0, 0.1) is 0 Å². The van der Waals surface area contributed by atoms with Crippen molar-refractivity contribution in [2.45, 2.75) is 18.8 Å². The van der Waals surface area contributed by atoms with Crippen molar-refractivity contribution >= 4 is 11.9 Å². The minimum absolute atomic E-state index is 0.467. The van der Waals surface area contributed by atoms with Crippen LogP contribution in [-0.2, 0) is 0 Å². The Morgan fingerprint density at radius 1 is 1.11 bits per heavy atom. The number of aromatic nitrogens is 4. The van der Waals surface area contributed by atoms with E-state index in [1.165, 1.54) is 12.8 Å². The number of hydrogen-bond acceptors (Lipinski definition) is 6. The molecule has 0 aliphatic carbocycles. The van der Waals surface area contributed by atoms with Crippen LogP contribution in [0.3, 0.4) is 0 Å². The van der Waals surface area contributed by atoms with E-state index in [0.29, 0.717) is 17.8 Å². The molecule has 1 aliphatic heterocycles. The van der Waals surface area contributed by atoms with Gasteiger partial charge in [-0.3, -0.25) is 5.32 Å². The fraction of sp³-hybridized carbons (Fsp3) is 0.385. The number of nitrogens with one attached hydrogen (secondary N) is 2. The molecule has 3 heterocycles. The highest BCUT2D eigenvalue weighted by atomic mass is 15.2. The maximum atomic E-state index is 4.55. The van der Waals surface area contributed by atoms with Crippen LogP contribution in [0.25, 0.3) is 0 Å². The summed E-state index contributed by atoms with van der Waals surface area (Å²) in [6, 6.07) is 3.75. The van der Waals surface area contributed by atoms with Crippen molar-refractivity contribution in [3.63, 3.8) is 0 Å². The SMILES string of the molecule is c1cnc(Nc2nccc([C@H]3CCCNC3)n2)nc1. The summed E-state index contributed by atoms with van der Waals surface area (Å²) in [5.41, 5.74) is 1.07. The Kier molecular flexibility index (Phi) is 3.60. The second kappa shape index (κ2) is 5.71. The van der Waals surface area contributed by atoms with Gasteiger partial charge < -0.3 is 5.32 Å². The predicted octanol–water partition coefficient (Wildman–Crippen LogP) is 1.48. The lowest BCUT2D eigenvalue weighted by Gasteiger charge is -2.22. The smallest absolute Gasteiger partial charge is 0.229 e. The first-order valence-electron chi connectivity index (χ1n) is 6.49. The van der Waals surface area contributed by atoms with E-state index in [4.69, 9.17) is 0 Å². The molecule has 0 amide bonds. The Bertz CT molecular complexity index is 524.